The van der Waals surface area contributed by atoms with Gasteiger partial charge in [-0.25, -0.2) is 13.2 Å². The van der Waals surface area contributed by atoms with Crippen molar-refractivity contribution in [2.45, 2.75) is 43.3 Å². The Kier molecular flexibility index (Phi) is 8.60. The number of rotatable bonds is 7. The zero-order valence-corrected chi connectivity index (χ0v) is 25.5. The number of likely N-dealkylation sites (tertiary alicyclic amines) is 1. The Bertz CT molecular complexity index is 1420. The fraction of sp³-hybridized carbons (Fsp3) is 0.367. The number of sulfone groups is 1. The normalized spacial score (nSPS) is 16.3. The second kappa shape index (κ2) is 11.3. The lowest BCUT2D eigenvalue weighted by atomic mass is 9.82. The zero-order chi connectivity index (χ0) is 29.5. The summed E-state index contributed by atoms with van der Waals surface area (Å²) in [6.07, 6.45) is 0.557. The van der Waals surface area contributed by atoms with Gasteiger partial charge in [0.1, 0.15) is 16.5 Å². The van der Waals surface area contributed by atoms with Crippen LogP contribution in [-0.4, -0.2) is 62.1 Å². The van der Waals surface area contributed by atoms with Crippen LogP contribution >= 0.6 is 23.2 Å². The van der Waals surface area contributed by atoms with Gasteiger partial charge in [0.15, 0.2) is 9.84 Å². The molecular weight excluding hydrogens is 571 g/mol. The van der Waals surface area contributed by atoms with Gasteiger partial charge >= 0.3 is 6.09 Å². The maximum absolute atomic E-state index is 13.2. The van der Waals surface area contributed by atoms with Crippen molar-refractivity contribution in [1.82, 2.24) is 4.90 Å². The monoisotopic (exact) mass is 604 g/mol. The number of halogens is 2. The van der Waals surface area contributed by atoms with E-state index in [1.807, 2.05) is 29.2 Å². The predicted molar refractivity (Wildman–Crippen MR) is 160 cm³/mol. The van der Waals surface area contributed by atoms with Gasteiger partial charge in [-0.2, -0.15) is 0 Å². The van der Waals surface area contributed by atoms with Crippen molar-refractivity contribution in [2.75, 3.05) is 31.3 Å². The molecule has 4 rings (SSSR count). The largest absolute Gasteiger partial charge is 0.443 e. The number of carbonyl (C=O) groups excluding carboxylic acids is 1. The summed E-state index contributed by atoms with van der Waals surface area (Å²) < 4.78 is 31.8. The third-order valence-corrected chi connectivity index (χ3v) is 8.91. The Morgan fingerprint density at radius 1 is 0.950 bits per heavy atom. The van der Waals surface area contributed by atoms with Crippen molar-refractivity contribution in [3.05, 3.63) is 99.5 Å². The number of hydrogen-bond acceptors (Lipinski definition) is 6. The van der Waals surface area contributed by atoms with Crippen molar-refractivity contribution in [3.8, 4) is 0 Å². The smallest absolute Gasteiger partial charge is 0.414 e. The molecule has 0 saturated carbocycles. The third-order valence-electron chi connectivity index (χ3n) is 6.83. The summed E-state index contributed by atoms with van der Waals surface area (Å²) in [6.45, 7) is 5.52. The molecule has 0 aliphatic carbocycles. The highest BCUT2D eigenvalue weighted by Crippen LogP contribution is 2.45. The molecule has 0 spiro atoms. The van der Waals surface area contributed by atoms with E-state index in [1.165, 1.54) is 4.90 Å². The highest BCUT2D eigenvalue weighted by molar-refractivity contribution is 7.91. The molecule has 1 atom stereocenters. The van der Waals surface area contributed by atoms with Crippen molar-refractivity contribution in [1.29, 1.82) is 0 Å². The molecule has 1 N–H and O–H groups in total. The number of nitrogens with zero attached hydrogens (tertiary/aromatic N) is 2. The molecular formula is C30H34Cl2N2O5S. The minimum atomic E-state index is -3.76. The molecule has 0 aromatic heterocycles. The molecule has 1 fully saturated rings. The van der Waals surface area contributed by atoms with Gasteiger partial charge in [0.05, 0.1) is 6.04 Å². The van der Waals surface area contributed by atoms with Crippen LogP contribution in [0.2, 0.25) is 10.0 Å². The summed E-state index contributed by atoms with van der Waals surface area (Å²) in [5.74, 6) is 0. The second-order valence-electron chi connectivity index (χ2n) is 11.4. The van der Waals surface area contributed by atoms with Gasteiger partial charge in [-0.1, -0.05) is 59.6 Å². The van der Waals surface area contributed by atoms with Crippen LogP contribution in [0.15, 0.2) is 72.8 Å². The Morgan fingerprint density at radius 3 is 1.90 bits per heavy atom. The predicted octanol–water partition coefficient (Wildman–Crippen LogP) is 6.29. The summed E-state index contributed by atoms with van der Waals surface area (Å²) in [6, 6.07) is 21.3. The molecule has 1 amide bonds. The molecule has 1 unspecified atom stereocenters. The molecule has 10 heteroatoms. The van der Waals surface area contributed by atoms with Crippen LogP contribution in [-0.2, 0) is 14.6 Å². The first-order valence-electron chi connectivity index (χ1n) is 12.8. The van der Waals surface area contributed by atoms with E-state index in [4.69, 9.17) is 27.9 Å². The molecule has 3 aromatic carbocycles. The SMILES string of the molecule is CN(C(=O)OC(C)(C)C)c1cccc(C(C2(O)CN(C(c3ccc(Cl)cc3)c3ccc(Cl)cc3)C2)S(C)(=O)=O)c1. The van der Waals surface area contributed by atoms with E-state index in [-0.39, 0.29) is 19.1 Å². The number of amides is 1. The van der Waals surface area contributed by atoms with Gasteiger partial charge < -0.3 is 9.84 Å². The summed E-state index contributed by atoms with van der Waals surface area (Å²) in [5.41, 5.74) is 0.505. The van der Waals surface area contributed by atoms with E-state index >= 15 is 0 Å². The van der Waals surface area contributed by atoms with Crippen LogP contribution in [0.4, 0.5) is 10.5 Å². The van der Waals surface area contributed by atoms with E-state index in [0.717, 1.165) is 17.4 Å². The quantitative estimate of drug-likeness (QED) is 0.341. The Labute approximate surface area is 246 Å². The average Bonchev–Trinajstić information content (AvgIpc) is 2.83. The van der Waals surface area contributed by atoms with Gasteiger partial charge in [-0.3, -0.25) is 9.80 Å². The number of anilines is 1. The Morgan fingerprint density at radius 2 is 1.45 bits per heavy atom. The summed E-state index contributed by atoms with van der Waals surface area (Å²) in [4.78, 5) is 16.0. The van der Waals surface area contributed by atoms with Gasteiger partial charge in [0, 0.05) is 42.1 Å². The molecule has 1 aliphatic rings. The average molecular weight is 606 g/mol. The highest BCUT2D eigenvalue weighted by Gasteiger charge is 2.54. The fourth-order valence-electron chi connectivity index (χ4n) is 5.20. The minimum Gasteiger partial charge on any atom is -0.443 e. The molecule has 1 saturated heterocycles. The van der Waals surface area contributed by atoms with E-state index < -0.39 is 32.4 Å². The number of β-amino-alcohol motifs (C(OH)–C–C–N with tert-alkyl or cyclic N) is 1. The number of benzene rings is 3. The van der Waals surface area contributed by atoms with Crippen LogP contribution in [0, 0.1) is 0 Å². The van der Waals surface area contributed by atoms with Crippen molar-refractivity contribution >= 4 is 44.8 Å². The van der Waals surface area contributed by atoms with Crippen LogP contribution in [0.5, 0.6) is 0 Å². The van der Waals surface area contributed by atoms with Gasteiger partial charge in [-0.15, -0.1) is 0 Å². The van der Waals surface area contributed by atoms with Crippen molar-refractivity contribution < 1.29 is 23.1 Å². The first-order chi connectivity index (χ1) is 18.6. The van der Waals surface area contributed by atoms with Crippen LogP contribution in [0.1, 0.15) is 48.8 Å². The van der Waals surface area contributed by atoms with E-state index in [2.05, 4.69) is 0 Å². The van der Waals surface area contributed by atoms with Crippen LogP contribution in [0.3, 0.4) is 0 Å². The van der Waals surface area contributed by atoms with E-state index in [0.29, 0.717) is 21.3 Å². The Balaban J connectivity index is 1.65. The van der Waals surface area contributed by atoms with Crippen LogP contribution in [0.25, 0.3) is 0 Å². The van der Waals surface area contributed by atoms with Gasteiger partial charge in [-0.05, 0) is 73.9 Å². The topological polar surface area (TPSA) is 87.2 Å². The molecule has 1 aliphatic heterocycles. The summed E-state index contributed by atoms with van der Waals surface area (Å²) in [5, 5.41) is 11.8. The lowest BCUT2D eigenvalue weighted by Gasteiger charge is -2.53. The first-order valence-corrected chi connectivity index (χ1v) is 15.5. The number of ether oxygens (including phenoxy) is 1. The molecule has 3 aromatic rings. The van der Waals surface area contributed by atoms with Crippen molar-refractivity contribution in [3.63, 3.8) is 0 Å². The number of hydrogen-bond donors (Lipinski definition) is 1. The number of carbonyl (C=O) groups is 1. The lowest BCUT2D eigenvalue weighted by Crippen LogP contribution is -2.66. The summed E-state index contributed by atoms with van der Waals surface area (Å²) in [7, 11) is -2.20. The maximum atomic E-state index is 13.2. The maximum Gasteiger partial charge on any atom is 0.414 e. The standard InChI is InChI=1S/C30H34Cl2N2O5S/c1-29(2,3)39-28(35)33(4)25-8-6-7-22(17-25)27(40(5,37)38)30(36)18-34(19-30)26(20-9-13-23(31)14-10-20)21-11-15-24(32)16-12-21/h6-17,26-27,36H,18-19H2,1-5H3. The summed E-state index contributed by atoms with van der Waals surface area (Å²) >= 11 is 12.3. The van der Waals surface area contributed by atoms with E-state index in [9.17, 15) is 18.3 Å². The molecule has 7 nitrogen and oxygen atoms in total. The third kappa shape index (κ3) is 6.81. The second-order valence-corrected chi connectivity index (χ2v) is 14.4. The molecule has 40 heavy (non-hydrogen) atoms. The van der Waals surface area contributed by atoms with Crippen LogP contribution < -0.4 is 4.90 Å². The molecule has 214 valence electrons. The first kappa shape index (κ1) is 30.3. The van der Waals surface area contributed by atoms with E-state index in [1.54, 1.807) is 76.3 Å². The fourth-order valence-corrected chi connectivity index (χ4v) is 7.04. The zero-order valence-electron chi connectivity index (χ0n) is 23.1. The molecule has 0 bridgehead atoms. The Hall–Kier alpha value is -2.62. The molecule has 0 radical (unpaired) electrons. The highest BCUT2D eigenvalue weighted by atomic mass is 35.5. The van der Waals surface area contributed by atoms with Gasteiger partial charge in [0.25, 0.3) is 0 Å². The number of aliphatic hydroxyl groups is 1. The minimum absolute atomic E-state index is 0.104. The van der Waals surface area contributed by atoms with Crippen molar-refractivity contribution in [2.24, 2.45) is 0 Å². The van der Waals surface area contributed by atoms with Gasteiger partial charge in [0.2, 0.25) is 0 Å². The lowest BCUT2D eigenvalue weighted by molar-refractivity contribution is -0.112. The molecule has 1 heterocycles.